The fraction of sp³-hybridized carbons (Fsp3) is 0.615. The van der Waals surface area contributed by atoms with E-state index in [2.05, 4.69) is 29.5 Å². The van der Waals surface area contributed by atoms with Crippen LogP contribution in [0.1, 0.15) is 26.3 Å². The van der Waals surface area contributed by atoms with Gasteiger partial charge in [-0.15, -0.1) is 0 Å². The van der Waals surface area contributed by atoms with E-state index in [1.807, 2.05) is 19.2 Å². The molecule has 0 spiro atoms. The van der Waals surface area contributed by atoms with Crippen LogP contribution >= 0.6 is 11.6 Å². The van der Waals surface area contributed by atoms with Gasteiger partial charge in [0.1, 0.15) is 5.82 Å². The topological polar surface area (TPSA) is 46.2 Å². The van der Waals surface area contributed by atoms with Crippen LogP contribution in [0, 0.1) is 0 Å². The lowest BCUT2D eigenvalue weighted by molar-refractivity contribution is 0.128. The smallest absolute Gasteiger partial charge is 0.144 e. The summed E-state index contributed by atoms with van der Waals surface area (Å²) in [4.78, 5) is 4.32. The number of halogens is 1. The molecular formula is C13H22ClN3O. The Labute approximate surface area is 114 Å². The standard InChI is InChI=1S/C13H22ClN3O/c1-9(2)15-7-11-5-12(14)13(17-8-11)16-6-10(3)18-4/h5,8-10,15H,6-7H2,1-4H3,(H,16,17). The second-order valence-corrected chi connectivity index (χ2v) is 5.04. The monoisotopic (exact) mass is 271 g/mol. The first-order valence-corrected chi connectivity index (χ1v) is 6.55. The van der Waals surface area contributed by atoms with E-state index in [9.17, 15) is 0 Å². The summed E-state index contributed by atoms with van der Waals surface area (Å²) in [5.74, 6) is 0.703. The number of nitrogens with one attached hydrogen (secondary N) is 2. The predicted molar refractivity (Wildman–Crippen MR) is 76.2 cm³/mol. The van der Waals surface area contributed by atoms with Gasteiger partial charge in [-0.25, -0.2) is 4.98 Å². The van der Waals surface area contributed by atoms with Crippen LogP contribution in [0.15, 0.2) is 12.3 Å². The summed E-state index contributed by atoms with van der Waals surface area (Å²) in [5, 5.41) is 7.14. The molecule has 0 radical (unpaired) electrons. The van der Waals surface area contributed by atoms with Gasteiger partial charge in [0.25, 0.3) is 0 Å². The van der Waals surface area contributed by atoms with Crippen molar-refractivity contribution in [2.45, 2.75) is 39.5 Å². The van der Waals surface area contributed by atoms with Gasteiger partial charge >= 0.3 is 0 Å². The maximum Gasteiger partial charge on any atom is 0.144 e. The third-order valence-electron chi connectivity index (χ3n) is 2.57. The van der Waals surface area contributed by atoms with Crippen molar-refractivity contribution in [1.29, 1.82) is 0 Å². The molecule has 0 fully saturated rings. The first-order chi connectivity index (χ1) is 8.52. The van der Waals surface area contributed by atoms with E-state index in [0.717, 1.165) is 12.1 Å². The summed E-state index contributed by atoms with van der Waals surface area (Å²) in [6.07, 6.45) is 1.96. The average Bonchev–Trinajstić information content (AvgIpc) is 2.34. The molecule has 0 bridgehead atoms. The largest absolute Gasteiger partial charge is 0.380 e. The zero-order chi connectivity index (χ0) is 13.5. The molecule has 1 unspecified atom stereocenters. The molecule has 1 aromatic rings. The molecule has 1 heterocycles. The molecule has 0 aliphatic rings. The minimum absolute atomic E-state index is 0.130. The van der Waals surface area contributed by atoms with Gasteiger partial charge < -0.3 is 15.4 Å². The molecule has 1 rings (SSSR count). The van der Waals surface area contributed by atoms with Crippen molar-refractivity contribution in [3.63, 3.8) is 0 Å². The Balaban J connectivity index is 2.56. The number of aromatic nitrogens is 1. The number of rotatable bonds is 7. The number of nitrogens with zero attached hydrogens (tertiary/aromatic N) is 1. The van der Waals surface area contributed by atoms with Gasteiger partial charge in [0, 0.05) is 32.4 Å². The van der Waals surface area contributed by atoms with Gasteiger partial charge in [-0.2, -0.15) is 0 Å². The number of hydrogen-bond donors (Lipinski definition) is 2. The Bertz CT molecular complexity index is 371. The van der Waals surface area contributed by atoms with Crippen molar-refractivity contribution in [3.05, 3.63) is 22.8 Å². The zero-order valence-corrected chi connectivity index (χ0v) is 12.2. The first-order valence-electron chi connectivity index (χ1n) is 6.17. The van der Waals surface area contributed by atoms with E-state index in [0.29, 0.717) is 23.4 Å². The van der Waals surface area contributed by atoms with E-state index in [4.69, 9.17) is 16.3 Å². The molecular weight excluding hydrogens is 250 g/mol. The van der Waals surface area contributed by atoms with Crippen molar-refractivity contribution in [2.24, 2.45) is 0 Å². The maximum absolute atomic E-state index is 6.18. The minimum atomic E-state index is 0.130. The van der Waals surface area contributed by atoms with Crippen LogP contribution in [-0.2, 0) is 11.3 Å². The van der Waals surface area contributed by atoms with Crippen molar-refractivity contribution >= 4 is 17.4 Å². The Morgan fingerprint density at radius 1 is 1.39 bits per heavy atom. The van der Waals surface area contributed by atoms with Gasteiger partial charge in [-0.1, -0.05) is 25.4 Å². The molecule has 0 aliphatic carbocycles. The van der Waals surface area contributed by atoms with E-state index in [1.165, 1.54) is 0 Å². The van der Waals surface area contributed by atoms with Gasteiger partial charge in [-0.05, 0) is 18.6 Å². The number of methoxy groups -OCH3 is 1. The van der Waals surface area contributed by atoms with Crippen molar-refractivity contribution in [3.8, 4) is 0 Å². The number of anilines is 1. The molecule has 0 amide bonds. The van der Waals surface area contributed by atoms with Crippen molar-refractivity contribution in [1.82, 2.24) is 10.3 Å². The van der Waals surface area contributed by atoms with Crippen LogP contribution in [0.2, 0.25) is 5.02 Å². The lowest BCUT2D eigenvalue weighted by Gasteiger charge is -2.13. The molecule has 102 valence electrons. The second kappa shape index (κ2) is 7.56. The predicted octanol–water partition coefficient (Wildman–Crippen LogP) is 2.68. The summed E-state index contributed by atoms with van der Waals surface area (Å²) in [7, 11) is 1.68. The highest BCUT2D eigenvalue weighted by atomic mass is 35.5. The fourth-order valence-corrected chi connectivity index (χ4v) is 1.61. The highest BCUT2D eigenvalue weighted by Crippen LogP contribution is 2.20. The van der Waals surface area contributed by atoms with Crippen LogP contribution in [0.4, 0.5) is 5.82 Å². The molecule has 1 aromatic heterocycles. The van der Waals surface area contributed by atoms with Crippen molar-refractivity contribution < 1.29 is 4.74 Å². The lowest BCUT2D eigenvalue weighted by Crippen LogP contribution is -2.22. The van der Waals surface area contributed by atoms with Gasteiger partial charge in [0.2, 0.25) is 0 Å². The molecule has 2 N–H and O–H groups in total. The SMILES string of the molecule is COC(C)CNc1ncc(CNC(C)C)cc1Cl. The van der Waals surface area contributed by atoms with Gasteiger partial charge in [0.05, 0.1) is 11.1 Å². The van der Waals surface area contributed by atoms with Crippen LogP contribution in [0.25, 0.3) is 0 Å². The third-order valence-corrected chi connectivity index (χ3v) is 2.86. The third kappa shape index (κ3) is 5.21. The molecule has 0 saturated heterocycles. The first kappa shape index (κ1) is 15.2. The Morgan fingerprint density at radius 3 is 2.67 bits per heavy atom. The highest BCUT2D eigenvalue weighted by molar-refractivity contribution is 6.32. The summed E-state index contributed by atoms with van der Waals surface area (Å²) < 4.78 is 5.16. The molecule has 0 saturated carbocycles. The molecule has 5 heteroatoms. The lowest BCUT2D eigenvalue weighted by atomic mass is 10.2. The molecule has 1 atom stereocenters. The van der Waals surface area contributed by atoms with Gasteiger partial charge in [-0.3, -0.25) is 0 Å². The Morgan fingerprint density at radius 2 is 2.11 bits per heavy atom. The van der Waals surface area contributed by atoms with E-state index >= 15 is 0 Å². The number of hydrogen-bond acceptors (Lipinski definition) is 4. The van der Waals surface area contributed by atoms with Crippen LogP contribution in [0.3, 0.4) is 0 Å². The summed E-state index contributed by atoms with van der Waals surface area (Å²) in [6.45, 7) is 7.67. The highest BCUT2D eigenvalue weighted by Gasteiger charge is 2.06. The van der Waals surface area contributed by atoms with Gasteiger partial charge in [0.15, 0.2) is 0 Å². The quantitative estimate of drug-likeness (QED) is 0.800. The summed E-state index contributed by atoms with van der Waals surface area (Å²) in [6, 6.07) is 2.38. The molecule has 0 aromatic carbocycles. The Hall–Kier alpha value is -0.840. The normalized spacial score (nSPS) is 12.8. The Kier molecular flexibility index (Phi) is 6.39. The number of ether oxygens (including phenoxy) is 1. The second-order valence-electron chi connectivity index (χ2n) is 4.64. The molecule has 18 heavy (non-hydrogen) atoms. The summed E-state index contributed by atoms with van der Waals surface area (Å²) in [5.41, 5.74) is 1.08. The fourth-order valence-electron chi connectivity index (χ4n) is 1.35. The van der Waals surface area contributed by atoms with Crippen LogP contribution < -0.4 is 10.6 Å². The van der Waals surface area contributed by atoms with E-state index in [-0.39, 0.29) is 6.10 Å². The number of pyridine rings is 1. The maximum atomic E-state index is 6.18. The van der Waals surface area contributed by atoms with E-state index in [1.54, 1.807) is 7.11 Å². The summed E-state index contributed by atoms with van der Waals surface area (Å²) >= 11 is 6.18. The van der Waals surface area contributed by atoms with E-state index < -0.39 is 0 Å². The van der Waals surface area contributed by atoms with Crippen molar-refractivity contribution in [2.75, 3.05) is 19.0 Å². The molecule has 4 nitrogen and oxygen atoms in total. The van der Waals surface area contributed by atoms with Crippen LogP contribution in [-0.4, -0.2) is 30.8 Å². The average molecular weight is 272 g/mol. The molecule has 0 aliphatic heterocycles. The van der Waals surface area contributed by atoms with Crippen LogP contribution in [0.5, 0.6) is 0 Å². The zero-order valence-electron chi connectivity index (χ0n) is 11.5. The minimum Gasteiger partial charge on any atom is -0.380 e.